The molecule has 3 aromatic rings. The average Bonchev–Trinajstić information content (AvgIpc) is 3.41. The molecule has 3 fully saturated rings. The van der Waals surface area contributed by atoms with Crippen LogP contribution in [0.15, 0.2) is 36.5 Å². The molecule has 10 heteroatoms. The van der Waals surface area contributed by atoms with Gasteiger partial charge in [-0.2, -0.15) is 4.98 Å². The van der Waals surface area contributed by atoms with E-state index in [1.54, 1.807) is 12.3 Å². The Morgan fingerprint density at radius 2 is 1.82 bits per heavy atom. The molecule has 2 aliphatic heterocycles. The molecular formula is C28H32N8O2. The second-order valence-electron chi connectivity index (χ2n) is 10.1. The molecule has 38 heavy (non-hydrogen) atoms. The van der Waals surface area contributed by atoms with Crippen molar-refractivity contribution in [1.29, 1.82) is 0 Å². The molecule has 0 atom stereocenters. The van der Waals surface area contributed by atoms with Crippen molar-refractivity contribution in [1.82, 2.24) is 25.2 Å². The lowest BCUT2D eigenvalue weighted by molar-refractivity contribution is -0.0660. The number of carbonyl (C=O) groups is 1. The fraction of sp³-hybridized carbons (Fsp3) is 0.429. The van der Waals surface area contributed by atoms with Crippen molar-refractivity contribution in [3.63, 3.8) is 0 Å². The zero-order valence-electron chi connectivity index (χ0n) is 21.3. The summed E-state index contributed by atoms with van der Waals surface area (Å²) < 4.78 is 5.34. The third-order valence-electron chi connectivity index (χ3n) is 7.59. The van der Waals surface area contributed by atoms with E-state index in [4.69, 9.17) is 11.2 Å². The third-order valence-corrected chi connectivity index (χ3v) is 7.59. The second kappa shape index (κ2) is 10.8. The standard InChI is InChI=1S/C28H32N8O2/c1-2-19-15-25(33-28(37)31-20-5-3-4-6-20)32-26-24(19)16-29-27(34-26)30-21-7-9-22(10-8-21)35-11-13-36(14-12-35)23-17-38-18-23/h1,7-10,15-16,20,23H,3-6,11-14,17-18H2,(H3,29,30,31,32,33,34,37). The Hall–Kier alpha value is -3.94. The van der Waals surface area contributed by atoms with Crippen LogP contribution in [0.4, 0.5) is 27.9 Å². The van der Waals surface area contributed by atoms with Crippen molar-refractivity contribution >= 4 is 40.2 Å². The molecule has 196 valence electrons. The Labute approximate surface area is 222 Å². The quantitative estimate of drug-likeness (QED) is 0.432. The van der Waals surface area contributed by atoms with Gasteiger partial charge in [0.15, 0.2) is 5.65 Å². The van der Waals surface area contributed by atoms with Gasteiger partial charge in [-0.25, -0.2) is 14.8 Å². The van der Waals surface area contributed by atoms with Gasteiger partial charge in [-0.15, -0.1) is 6.42 Å². The number of nitrogens with zero attached hydrogens (tertiary/aromatic N) is 5. The molecule has 2 amide bonds. The minimum absolute atomic E-state index is 0.208. The summed E-state index contributed by atoms with van der Waals surface area (Å²) in [5.74, 6) is 3.42. The maximum Gasteiger partial charge on any atom is 0.320 e. The molecular weight excluding hydrogens is 480 g/mol. The Balaban J connectivity index is 1.12. The zero-order valence-corrected chi connectivity index (χ0v) is 21.3. The molecule has 2 aromatic heterocycles. The number of aromatic nitrogens is 3. The number of piperazine rings is 1. The Kier molecular flexibility index (Phi) is 6.94. The number of hydrogen-bond donors (Lipinski definition) is 3. The van der Waals surface area contributed by atoms with Gasteiger partial charge >= 0.3 is 6.03 Å². The van der Waals surface area contributed by atoms with Crippen molar-refractivity contribution in [3.05, 3.63) is 42.1 Å². The molecule has 2 saturated heterocycles. The molecule has 0 unspecified atom stereocenters. The van der Waals surface area contributed by atoms with Gasteiger partial charge in [-0.1, -0.05) is 18.8 Å². The van der Waals surface area contributed by atoms with Crippen LogP contribution >= 0.6 is 0 Å². The van der Waals surface area contributed by atoms with E-state index in [1.807, 2.05) is 12.1 Å². The van der Waals surface area contributed by atoms with Crippen molar-refractivity contribution in [2.24, 2.45) is 0 Å². The summed E-state index contributed by atoms with van der Waals surface area (Å²) in [6.07, 6.45) is 11.7. The fourth-order valence-corrected chi connectivity index (χ4v) is 5.32. The number of amides is 2. The summed E-state index contributed by atoms with van der Waals surface area (Å²) in [7, 11) is 0. The smallest absolute Gasteiger partial charge is 0.320 e. The summed E-state index contributed by atoms with van der Waals surface area (Å²) >= 11 is 0. The minimum atomic E-state index is -0.280. The van der Waals surface area contributed by atoms with Crippen LogP contribution in [0.25, 0.3) is 11.0 Å². The summed E-state index contributed by atoms with van der Waals surface area (Å²) in [6.45, 7) is 5.87. The van der Waals surface area contributed by atoms with Gasteiger partial charge in [0.2, 0.25) is 5.95 Å². The topological polar surface area (TPSA) is 108 Å². The van der Waals surface area contributed by atoms with Crippen molar-refractivity contribution in [3.8, 4) is 12.3 Å². The summed E-state index contributed by atoms with van der Waals surface area (Å²) in [6, 6.07) is 10.5. The van der Waals surface area contributed by atoms with Crippen molar-refractivity contribution in [2.75, 3.05) is 54.9 Å². The predicted octanol–water partition coefficient (Wildman–Crippen LogP) is 3.33. The number of carbonyl (C=O) groups excluding carboxylic acids is 1. The van der Waals surface area contributed by atoms with Crippen LogP contribution in [0.3, 0.4) is 0 Å². The van der Waals surface area contributed by atoms with E-state index < -0.39 is 0 Å². The molecule has 0 spiro atoms. The number of pyridine rings is 1. The van der Waals surface area contributed by atoms with Crippen LogP contribution < -0.4 is 20.9 Å². The lowest BCUT2D eigenvalue weighted by Crippen LogP contribution is -2.56. The van der Waals surface area contributed by atoms with E-state index in [1.165, 1.54) is 5.69 Å². The molecule has 1 aliphatic carbocycles. The molecule has 0 bridgehead atoms. The molecule has 1 saturated carbocycles. The fourth-order valence-electron chi connectivity index (χ4n) is 5.32. The van der Waals surface area contributed by atoms with Gasteiger partial charge < -0.3 is 20.3 Å². The zero-order chi connectivity index (χ0) is 25.9. The first kappa shape index (κ1) is 24.4. The normalized spacial score (nSPS) is 18.7. The van der Waals surface area contributed by atoms with Gasteiger partial charge in [0.1, 0.15) is 5.82 Å². The van der Waals surface area contributed by atoms with Crippen LogP contribution in [0.1, 0.15) is 31.2 Å². The SMILES string of the molecule is C#Cc1cc(NC(=O)NC2CCCC2)nc2nc(Nc3ccc(N4CCN(C5COC5)CC4)cc3)ncc12. The number of fused-ring (bicyclic) bond motifs is 1. The first-order valence-electron chi connectivity index (χ1n) is 13.3. The molecule has 3 N–H and O–H groups in total. The van der Waals surface area contributed by atoms with Crippen LogP contribution in [-0.4, -0.2) is 77.4 Å². The van der Waals surface area contributed by atoms with E-state index in [0.717, 1.165) is 70.8 Å². The van der Waals surface area contributed by atoms with E-state index in [9.17, 15) is 4.79 Å². The third kappa shape index (κ3) is 5.35. The number of rotatable bonds is 6. The van der Waals surface area contributed by atoms with Crippen LogP contribution in [0.5, 0.6) is 0 Å². The number of anilines is 4. The van der Waals surface area contributed by atoms with E-state index in [-0.39, 0.29) is 12.1 Å². The van der Waals surface area contributed by atoms with Crippen molar-refractivity contribution in [2.45, 2.75) is 37.8 Å². The highest BCUT2D eigenvalue weighted by atomic mass is 16.5. The van der Waals surface area contributed by atoms with Crippen LogP contribution in [0.2, 0.25) is 0 Å². The highest BCUT2D eigenvalue weighted by Crippen LogP contribution is 2.24. The van der Waals surface area contributed by atoms with Gasteiger partial charge in [0, 0.05) is 55.4 Å². The Morgan fingerprint density at radius 3 is 2.50 bits per heavy atom. The molecule has 0 radical (unpaired) electrons. The number of urea groups is 1. The van der Waals surface area contributed by atoms with Gasteiger partial charge in [0.25, 0.3) is 0 Å². The summed E-state index contributed by atoms with van der Waals surface area (Å²) in [4.78, 5) is 30.9. The van der Waals surface area contributed by atoms with E-state index >= 15 is 0 Å². The Bertz CT molecular complexity index is 1340. The predicted molar refractivity (Wildman–Crippen MR) is 148 cm³/mol. The van der Waals surface area contributed by atoms with Crippen LogP contribution in [0, 0.1) is 12.3 Å². The summed E-state index contributed by atoms with van der Waals surface area (Å²) in [5, 5.41) is 9.72. The molecule has 1 aromatic carbocycles. The minimum Gasteiger partial charge on any atom is -0.378 e. The van der Waals surface area contributed by atoms with Gasteiger partial charge in [-0.3, -0.25) is 10.2 Å². The highest BCUT2D eigenvalue weighted by Gasteiger charge is 2.28. The number of hydrogen-bond acceptors (Lipinski definition) is 8. The number of ether oxygens (including phenoxy) is 1. The van der Waals surface area contributed by atoms with E-state index in [2.05, 4.69) is 58.8 Å². The molecule has 10 nitrogen and oxygen atoms in total. The Morgan fingerprint density at radius 1 is 1.05 bits per heavy atom. The largest absolute Gasteiger partial charge is 0.378 e. The number of benzene rings is 1. The van der Waals surface area contributed by atoms with E-state index in [0.29, 0.717) is 34.4 Å². The first-order valence-corrected chi connectivity index (χ1v) is 13.3. The maximum absolute atomic E-state index is 12.4. The van der Waals surface area contributed by atoms with Gasteiger partial charge in [-0.05, 0) is 43.2 Å². The number of terminal acetylenes is 1. The monoisotopic (exact) mass is 512 g/mol. The van der Waals surface area contributed by atoms with Gasteiger partial charge in [0.05, 0.1) is 24.6 Å². The van der Waals surface area contributed by atoms with Crippen molar-refractivity contribution < 1.29 is 9.53 Å². The average molecular weight is 513 g/mol. The lowest BCUT2D eigenvalue weighted by Gasteiger charge is -2.43. The maximum atomic E-state index is 12.4. The second-order valence-corrected chi connectivity index (χ2v) is 10.1. The highest BCUT2D eigenvalue weighted by molar-refractivity contribution is 5.91. The molecule has 4 heterocycles. The first-order chi connectivity index (χ1) is 18.6. The van der Waals surface area contributed by atoms with Crippen LogP contribution in [-0.2, 0) is 4.74 Å². The number of nitrogens with one attached hydrogen (secondary N) is 3. The lowest BCUT2D eigenvalue weighted by atomic mass is 10.1. The molecule has 6 rings (SSSR count). The summed E-state index contributed by atoms with van der Waals surface area (Å²) in [5.41, 5.74) is 3.07. The molecule has 3 aliphatic rings.